The van der Waals surface area contributed by atoms with Gasteiger partial charge in [-0.05, 0) is 31.7 Å². The highest BCUT2D eigenvalue weighted by Gasteiger charge is 2.21. The van der Waals surface area contributed by atoms with E-state index in [9.17, 15) is 19.7 Å². The van der Waals surface area contributed by atoms with E-state index < -0.39 is 16.8 Å². The van der Waals surface area contributed by atoms with E-state index in [0.717, 1.165) is 4.90 Å². The molecule has 0 fully saturated rings. The molecule has 1 unspecified atom stereocenters. The van der Waals surface area contributed by atoms with Crippen LogP contribution in [-0.2, 0) is 4.79 Å². The van der Waals surface area contributed by atoms with Crippen LogP contribution in [0.1, 0.15) is 30.1 Å². The van der Waals surface area contributed by atoms with Crippen molar-refractivity contribution >= 4 is 29.3 Å². The molecule has 1 atom stereocenters. The number of thioether (sulfide) groups is 1. The second-order valence-electron chi connectivity index (χ2n) is 4.45. The third kappa shape index (κ3) is 5.07. The summed E-state index contributed by atoms with van der Waals surface area (Å²) in [6.07, 6.45) is 1.99. The summed E-state index contributed by atoms with van der Waals surface area (Å²) in [4.78, 5) is 33.7. The molecule has 7 nitrogen and oxygen atoms in total. The highest BCUT2D eigenvalue weighted by Crippen LogP contribution is 2.24. The molecule has 1 aromatic carbocycles. The summed E-state index contributed by atoms with van der Waals surface area (Å²) in [6, 6.07) is 3.95. The van der Waals surface area contributed by atoms with Gasteiger partial charge in [0.05, 0.1) is 4.92 Å². The van der Waals surface area contributed by atoms with Crippen LogP contribution < -0.4 is 5.32 Å². The van der Waals surface area contributed by atoms with Crippen molar-refractivity contribution in [3.63, 3.8) is 0 Å². The summed E-state index contributed by atoms with van der Waals surface area (Å²) in [5, 5.41) is 22.1. The van der Waals surface area contributed by atoms with E-state index in [2.05, 4.69) is 5.32 Å². The van der Waals surface area contributed by atoms with E-state index in [1.54, 1.807) is 19.2 Å². The Balaban J connectivity index is 2.89. The topological polar surface area (TPSA) is 110 Å². The number of hydrogen-bond donors (Lipinski definition) is 2. The summed E-state index contributed by atoms with van der Waals surface area (Å²) < 4.78 is 0. The first kappa shape index (κ1) is 17.0. The van der Waals surface area contributed by atoms with Crippen LogP contribution in [0.25, 0.3) is 0 Å². The molecule has 0 heterocycles. The van der Waals surface area contributed by atoms with Gasteiger partial charge in [0.1, 0.15) is 5.56 Å². The van der Waals surface area contributed by atoms with Gasteiger partial charge in [0.25, 0.3) is 11.6 Å². The van der Waals surface area contributed by atoms with Crippen LogP contribution in [0, 0.1) is 10.1 Å². The van der Waals surface area contributed by atoms with Crippen LogP contribution in [-0.4, -0.2) is 34.2 Å². The number of carbonyl (C=O) groups excluding carboxylic acids is 1. The van der Waals surface area contributed by atoms with Crippen molar-refractivity contribution in [2.45, 2.75) is 30.7 Å². The number of amides is 1. The molecular formula is C13H16N2O5S. The maximum absolute atomic E-state index is 12.1. The van der Waals surface area contributed by atoms with E-state index in [0.29, 0.717) is 0 Å². The molecule has 2 N–H and O–H groups in total. The number of benzene rings is 1. The lowest BCUT2D eigenvalue weighted by Crippen LogP contribution is -2.33. The summed E-state index contributed by atoms with van der Waals surface area (Å²) >= 11 is 1.37. The zero-order valence-corrected chi connectivity index (χ0v) is 12.5. The molecule has 0 bridgehead atoms. The molecule has 0 spiro atoms. The van der Waals surface area contributed by atoms with Crippen molar-refractivity contribution in [2.75, 3.05) is 6.26 Å². The number of nitro groups is 1. The number of hydrogen-bond acceptors (Lipinski definition) is 5. The first-order chi connectivity index (χ1) is 9.85. The molecule has 0 aliphatic rings. The molecule has 1 rings (SSSR count). The Morgan fingerprint density at radius 2 is 2.14 bits per heavy atom. The second kappa shape index (κ2) is 7.63. The van der Waals surface area contributed by atoms with E-state index in [1.807, 2.05) is 0 Å². The number of carbonyl (C=O) groups is 2. The molecule has 114 valence electrons. The molecule has 8 heteroatoms. The third-order valence-electron chi connectivity index (χ3n) is 2.81. The van der Waals surface area contributed by atoms with Crippen molar-refractivity contribution in [2.24, 2.45) is 0 Å². The summed E-state index contributed by atoms with van der Waals surface area (Å²) in [5.41, 5.74) is -0.287. The maximum atomic E-state index is 12.1. The standard InChI is InChI=1S/C13H16N2O5S/c1-8(3-6-12(16)17)14-13(18)10-7-9(21-2)4-5-11(10)15(19)20/h4-5,7-8H,3,6H2,1-2H3,(H,14,18)(H,16,17). The molecule has 1 amide bonds. The highest BCUT2D eigenvalue weighted by atomic mass is 32.2. The number of nitrogens with one attached hydrogen (secondary N) is 1. The van der Waals surface area contributed by atoms with Gasteiger partial charge in [-0.15, -0.1) is 11.8 Å². The first-order valence-electron chi connectivity index (χ1n) is 6.20. The van der Waals surface area contributed by atoms with Crippen LogP contribution in [0.15, 0.2) is 23.1 Å². The molecule has 0 saturated heterocycles. The SMILES string of the molecule is CSc1ccc([N+](=O)[O-])c(C(=O)NC(C)CCC(=O)O)c1. The van der Waals surface area contributed by atoms with Gasteiger partial charge in [-0.25, -0.2) is 0 Å². The smallest absolute Gasteiger partial charge is 0.303 e. The minimum absolute atomic E-state index is 0.0194. The zero-order valence-electron chi connectivity index (χ0n) is 11.7. The Morgan fingerprint density at radius 3 is 2.67 bits per heavy atom. The van der Waals surface area contributed by atoms with E-state index >= 15 is 0 Å². The lowest BCUT2D eigenvalue weighted by molar-refractivity contribution is -0.385. The average Bonchev–Trinajstić information content (AvgIpc) is 2.44. The van der Waals surface area contributed by atoms with Crippen molar-refractivity contribution in [3.05, 3.63) is 33.9 Å². The lowest BCUT2D eigenvalue weighted by Gasteiger charge is -2.13. The van der Waals surface area contributed by atoms with Gasteiger partial charge in [0.2, 0.25) is 0 Å². The van der Waals surface area contributed by atoms with Crippen LogP contribution in [0.4, 0.5) is 5.69 Å². The Kier molecular flexibility index (Phi) is 6.16. The van der Waals surface area contributed by atoms with Crippen molar-refractivity contribution in [3.8, 4) is 0 Å². The van der Waals surface area contributed by atoms with Gasteiger partial charge in [-0.2, -0.15) is 0 Å². The molecular weight excluding hydrogens is 296 g/mol. The van der Waals surface area contributed by atoms with Gasteiger partial charge in [0, 0.05) is 23.4 Å². The summed E-state index contributed by atoms with van der Waals surface area (Å²) in [5.74, 6) is -1.53. The zero-order chi connectivity index (χ0) is 16.0. The van der Waals surface area contributed by atoms with E-state index in [1.165, 1.54) is 23.9 Å². The molecule has 0 aliphatic heterocycles. The summed E-state index contributed by atoms with van der Waals surface area (Å²) in [7, 11) is 0. The molecule has 1 aromatic rings. The minimum atomic E-state index is -0.952. The van der Waals surface area contributed by atoms with Crippen molar-refractivity contribution < 1.29 is 19.6 Å². The molecule has 21 heavy (non-hydrogen) atoms. The molecule has 0 aromatic heterocycles. The van der Waals surface area contributed by atoms with Crippen molar-refractivity contribution in [1.29, 1.82) is 0 Å². The van der Waals surface area contributed by atoms with Crippen molar-refractivity contribution in [1.82, 2.24) is 5.32 Å². The second-order valence-corrected chi connectivity index (χ2v) is 5.33. The van der Waals surface area contributed by atoms with Crippen LogP contribution in [0.5, 0.6) is 0 Å². The third-order valence-corrected chi connectivity index (χ3v) is 3.54. The molecule has 0 aliphatic carbocycles. The Hall–Kier alpha value is -2.09. The van der Waals surface area contributed by atoms with Crippen LogP contribution >= 0.6 is 11.8 Å². The Labute approximate surface area is 125 Å². The predicted molar refractivity (Wildman–Crippen MR) is 78.7 cm³/mol. The molecule has 0 saturated carbocycles. The predicted octanol–water partition coefficient (Wildman–Crippen LogP) is 2.30. The quantitative estimate of drug-likeness (QED) is 0.454. The Morgan fingerprint density at radius 1 is 1.48 bits per heavy atom. The fourth-order valence-corrected chi connectivity index (χ4v) is 2.14. The fourth-order valence-electron chi connectivity index (χ4n) is 1.70. The number of nitro benzene ring substituents is 1. The van der Waals surface area contributed by atoms with Gasteiger partial charge < -0.3 is 10.4 Å². The first-order valence-corrected chi connectivity index (χ1v) is 7.42. The van der Waals surface area contributed by atoms with Gasteiger partial charge >= 0.3 is 5.97 Å². The number of carboxylic acid groups (broad SMARTS) is 1. The number of carboxylic acids is 1. The fraction of sp³-hybridized carbons (Fsp3) is 0.385. The van der Waals surface area contributed by atoms with Crippen LogP contribution in [0.2, 0.25) is 0 Å². The largest absolute Gasteiger partial charge is 0.481 e. The average molecular weight is 312 g/mol. The lowest BCUT2D eigenvalue weighted by atomic mass is 10.1. The number of nitrogens with zero attached hydrogens (tertiary/aromatic N) is 1. The highest BCUT2D eigenvalue weighted by molar-refractivity contribution is 7.98. The van der Waals surface area contributed by atoms with Crippen LogP contribution in [0.3, 0.4) is 0 Å². The van der Waals surface area contributed by atoms with E-state index in [-0.39, 0.29) is 30.1 Å². The number of rotatable bonds is 7. The normalized spacial score (nSPS) is 11.7. The monoisotopic (exact) mass is 312 g/mol. The minimum Gasteiger partial charge on any atom is -0.481 e. The van der Waals surface area contributed by atoms with E-state index in [4.69, 9.17) is 5.11 Å². The molecule has 0 radical (unpaired) electrons. The summed E-state index contributed by atoms with van der Waals surface area (Å²) in [6.45, 7) is 1.66. The number of aliphatic carboxylic acids is 1. The van der Waals surface area contributed by atoms with Gasteiger partial charge in [-0.3, -0.25) is 19.7 Å². The Bertz CT molecular complexity index is 561. The van der Waals surface area contributed by atoms with Gasteiger partial charge in [-0.1, -0.05) is 0 Å². The maximum Gasteiger partial charge on any atom is 0.303 e. The van der Waals surface area contributed by atoms with Gasteiger partial charge in [0.15, 0.2) is 0 Å².